The lowest BCUT2D eigenvalue weighted by Gasteiger charge is -2.32. The van der Waals surface area contributed by atoms with Crippen molar-refractivity contribution in [1.82, 2.24) is 4.90 Å². The van der Waals surface area contributed by atoms with Crippen molar-refractivity contribution in [2.45, 2.75) is 31.4 Å². The molecule has 0 bridgehead atoms. The minimum Gasteiger partial charge on any atom is -0.444 e. The first-order valence-corrected chi connectivity index (χ1v) is 4.78. The van der Waals surface area contributed by atoms with Gasteiger partial charge in [-0.1, -0.05) is 6.42 Å². The molecule has 1 amide bonds. The van der Waals surface area contributed by atoms with Crippen LogP contribution in [0.3, 0.4) is 0 Å². The second kappa shape index (κ2) is 3.18. The van der Waals surface area contributed by atoms with Crippen molar-refractivity contribution < 1.29 is 14.6 Å². The molecule has 0 radical (unpaired) electrons. The van der Waals surface area contributed by atoms with Crippen LogP contribution in [-0.2, 0) is 4.74 Å². The van der Waals surface area contributed by atoms with Gasteiger partial charge in [0.15, 0.2) is 0 Å². The Morgan fingerprint density at radius 2 is 2.31 bits per heavy atom. The molecule has 4 heteroatoms. The highest BCUT2D eigenvalue weighted by molar-refractivity contribution is 5.70. The standard InChI is InChI=1S/C9H15NO3/c1-10-7(5-11)8(13-9(10)12)6-3-2-4-6/h6-8,11H,2-5H2,1H3. The van der Waals surface area contributed by atoms with Crippen molar-refractivity contribution >= 4 is 6.09 Å². The minimum absolute atomic E-state index is 0.00338. The molecule has 2 unspecified atom stereocenters. The summed E-state index contributed by atoms with van der Waals surface area (Å²) in [7, 11) is 1.68. The number of rotatable bonds is 2. The Balaban J connectivity index is 2.05. The number of cyclic esters (lactones) is 1. The molecule has 1 saturated carbocycles. The average Bonchev–Trinajstić information content (AvgIpc) is 2.25. The highest BCUT2D eigenvalue weighted by atomic mass is 16.6. The van der Waals surface area contributed by atoms with E-state index in [0.717, 1.165) is 12.8 Å². The van der Waals surface area contributed by atoms with E-state index < -0.39 is 0 Å². The molecule has 2 atom stereocenters. The summed E-state index contributed by atoms with van der Waals surface area (Å²) in [4.78, 5) is 12.7. The number of hydrogen-bond acceptors (Lipinski definition) is 3. The van der Waals surface area contributed by atoms with Crippen molar-refractivity contribution in [2.75, 3.05) is 13.7 Å². The van der Waals surface area contributed by atoms with Crippen LogP contribution < -0.4 is 0 Å². The van der Waals surface area contributed by atoms with Gasteiger partial charge in [0.1, 0.15) is 6.10 Å². The Morgan fingerprint density at radius 1 is 1.62 bits per heavy atom. The molecule has 1 heterocycles. The Morgan fingerprint density at radius 3 is 2.77 bits per heavy atom. The molecule has 1 aliphatic carbocycles. The van der Waals surface area contributed by atoms with Crippen LogP contribution in [0.15, 0.2) is 0 Å². The van der Waals surface area contributed by atoms with E-state index in [0.29, 0.717) is 5.92 Å². The Hall–Kier alpha value is -0.770. The molecule has 1 aliphatic heterocycles. The van der Waals surface area contributed by atoms with Crippen molar-refractivity contribution in [3.63, 3.8) is 0 Å². The van der Waals surface area contributed by atoms with Crippen LogP contribution in [0.5, 0.6) is 0 Å². The molecule has 4 nitrogen and oxygen atoms in total. The van der Waals surface area contributed by atoms with Gasteiger partial charge in [0.25, 0.3) is 0 Å². The van der Waals surface area contributed by atoms with Crippen LogP contribution in [0.1, 0.15) is 19.3 Å². The molecule has 2 fully saturated rings. The van der Waals surface area contributed by atoms with Gasteiger partial charge < -0.3 is 14.7 Å². The number of carbonyl (C=O) groups excluding carboxylic acids is 1. The van der Waals surface area contributed by atoms with Gasteiger partial charge in [0.05, 0.1) is 12.6 Å². The molecule has 0 spiro atoms. The normalized spacial score (nSPS) is 34.6. The minimum atomic E-state index is -0.295. The number of nitrogens with zero attached hydrogens (tertiary/aromatic N) is 1. The number of aliphatic hydroxyl groups excluding tert-OH is 1. The highest BCUT2D eigenvalue weighted by Crippen LogP contribution is 2.36. The maximum atomic E-state index is 11.2. The first-order chi connectivity index (χ1) is 6.24. The summed E-state index contributed by atoms with van der Waals surface area (Å²) in [6, 6.07) is -0.127. The summed E-state index contributed by atoms with van der Waals surface area (Å²) >= 11 is 0. The topological polar surface area (TPSA) is 49.8 Å². The first kappa shape index (κ1) is 8.81. The van der Waals surface area contributed by atoms with E-state index in [-0.39, 0.29) is 24.8 Å². The van der Waals surface area contributed by atoms with Crippen molar-refractivity contribution in [1.29, 1.82) is 0 Å². The summed E-state index contributed by atoms with van der Waals surface area (Å²) in [6.07, 6.45) is 3.11. The fraction of sp³-hybridized carbons (Fsp3) is 0.889. The summed E-state index contributed by atoms with van der Waals surface area (Å²) < 4.78 is 5.21. The smallest absolute Gasteiger partial charge is 0.410 e. The third-order valence-electron chi connectivity index (χ3n) is 3.20. The van der Waals surface area contributed by atoms with Crippen LogP contribution in [0, 0.1) is 5.92 Å². The molecular formula is C9H15NO3. The Labute approximate surface area is 77.5 Å². The van der Waals surface area contributed by atoms with E-state index >= 15 is 0 Å². The largest absolute Gasteiger partial charge is 0.444 e. The fourth-order valence-electron chi connectivity index (χ4n) is 2.04. The Kier molecular flexibility index (Phi) is 2.15. The zero-order valence-corrected chi connectivity index (χ0v) is 7.77. The van der Waals surface area contributed by atoms with Gasteiger partial charge in [-0.2, -0.15) is 0 Å². The number of hydrogen-bond donors (Lipinski definition) is 1. The molecular weight excluding hydrogens is 170 g/mol. The van der Waals surface area contributed by atoms with Crippen LogP contribution in [0.4, 0.5) is 4.79 Å². The van der Waals surface area contributed by atoms with E-state index in [2.05, 4.69) is 0 Å². The van der Waals surface area contributed by atoms with Gasteiger partial charge in [-0.25, -0.2) is 4.79 Å². The number of carbonyl (C=O) groups is 1. The molecule has 0 aromatic heterocycles. The maximum absolute atomic E-state index is 11.2. The lowest BCUT2D eigenvalue weighted by molar-refractivity contribution is 0.0413. The number of aliphatic hydroxyl groups is 1. The predicted molar refractivity (Wildman–Crippen MR) is 46.2 cm³/mol. The zero-order valence-electron chi connectivity index (χ0n) is 7.77. The molecule has 74 valence electrons. The van der Waals surface area contributed by atoms with Gasteiger partial charge in [0.2, 0.25) is 0 Å². The number of likely N-dealkylation sites (N-methyl/N-ethyl adjacent to an activating group) is 1. The number of amides is 1. The zero-order chi connectivity index (χ0) is 9.42. The van der Waals surface area contributed by atoms with Crippen LogP contribution in [0.25, 0.3) is 0 Å². The van der Waals surface area contributed by atoms with E-state index in [1.165, 1.54) is 11.3 Å². The van der Waals surface area contributed by atoms with E-state index in [4.69, 9.17) is 9.84 Å². The molecule has 2 rings (SSSR count). The Bertz CT molecular complexity index is 215. The monoisotopic (exact) mass is 185 g/mol. The number of ether oxygens (including phenoxy) is 1. The van der Waals surface area contributed by atoms with Gasteiger partial charge >= 0.3 is 6.09 Å². The summed E-state index contributed by atoms with van der Waals surface area (Å²) in [5.74, 6) is 0.478. The van der Waals surface area contributed by atoms with Gasteiger partial charge in [-0.05, 0) is 18.8 Å². The maximum Gasteiger partial charge on any atom is 0.410 e. The molecule has 1 N–H and O–H groups in total. The van der Waals surface area contributed by atoms with Crippen LogP contribution >= 0.6 is 0 Å². The van der Waals surface area contributed by atoms with E-state index in [9.17, 15) is 4.79 Å². The average molecular weight is 185 g/mol. The van der Waals surface area contributed by atoms with E-state index in [1.807, 2.05) is 0 Å². The summed E-state index contributed by atoms with van der Waals surface area (Å²) in [5.41, 5.74) is 0. The molecule has 2 aliphatic rings. The predicted octanol–water partition coefficient (Wildman–Crippen LogP) is 0.598. The lowest BCUT2D eigenvalue weighted by Crippen LogP contribution is -2.42. The fourth-order valence-corrected chi connectivity index (χ4v) is 2.04. The van der Waals surface area contributed by atoms with E-state index in [1.54, 1.807) is 7.05 Å². The summed E-state index contributed by atoms with van der Waals surface area (Å²) in [5, 5.41) is 9.12. The molecule has 0 aromatic carbocycles. The third-order valence-corrected chi connectivity index (χ3v) is 3.20. The van der Waals surface area contributed by atoms with Gasteiger partial charge in [0, 0.05) is 7.05 Å². The third kappa shape index (κ3) is 1.29. The second-order valence-electron chi connectivity index (χ2n) is 3.90. The van der Waals surface area contributed by atoms with Crippen molar-refractivity contribution in [3.05, 3.63) is 0 Å². The first-order valence-electron chi connectivity index (χ1n) is 4.78. The second-order valence-corrected chi connectivity index (χ2v) is 3.90. The van der Waals surface area contributed by atoms with Crippen molar-refractivity contribution in [3.8, 4) is 0 Å². The summed E-state index contributed by atoms with van der Waals surface area (Å²) in [6.45, 7) is 0.00338. The molecule has 1 saturated heterocycles. The van der Waals surface area contributed by atoms with Crippen LogP contribution in [0.2, 0.25) is 0 Å². The van der Waals surface area contributed by atoms with Gasteiger partial charge in [-0.15, -0.1) is 0 Å². The highest BCUT2D eigenvalue weighted by Gasteiger charge is 2.44. The quantitative estimate of drug-likeness (QED) is 0.685. The van der Waals surface area contributed by atoms with Gasteiger partial charge in [-0.3, -0.25) is 0 Å². The SMILES string of the molecule is CN1C(=O)OC(C2CCC2)C1CO. The molecule has 13 heavy (non-hydrogen) atoms. The van der Waals surface area contributed by atoms with Crippen molar-refractivity contribution in [2.24, 2.45) is 5.92 Å². The lowest BCUT2D eigenvalue weighted by atomic mass is 9.79. The van der Waals surface area contributed by atoms with Crippen LogP contribution in [-0.4, -0.2) is 41.9 Å². The molecule has 0 aromatic rings.